The Hall–Kier alpha value is -0.790. The lowest BCUT2D eigenvalue weighted by Crippen LogP contribution is -2.46. The minimum atomic E-state index is 0.0483. The van der Waals surface area contributed by atoms with Crippen molar-refractivity contribution in [3.63, 3.8) is 0 Å². The van der Waals surface area contributed by atoms with Crippen LogP contribution in [0.3, 0.4) is 0 Å². The van der Waals surface area contributed by atoms with Crippen LogP contribution >= 0.6 is 0 Å². The van der Waals surface area contributed by atoms with E-state index >= 15 is 0 Å². The minimum absolute atomic E-state index is 0.0483. The Labute approximate surface area is 80.6 Å². The van der Waals surface area contributed by atoms with Crippen LogP contribution in [-0.2, 0) is 4.79 Å². The van der Waals surface area contributed by atoms with E-state index < -0.39 is 0 Å². The van der Waals surface area contributed by atoms with Gasteiger partial charge in [0.15, 0.2) is 0 Å². The zero-order valence-electron chi connectivity index (χ0n) is 8.79. The number of amides is 1. The van der Waals surface area contributed by atoms with Crippen LogP contribution in [0, 0.1) is 11.8 Å². The van der Waals surface area contributed by atoms with Gasteiger partial charge in [0.05, 0.1) is 0 Å². The van der Waals surface area contributed by atoms with Gasteiger partial charge < -0.3 is 4.90 Å². The Bertz CT molecular complexity index is 204. The van der Waals surface area contributed by atoms with E-state index in [-0.39, 0.29) is 5.91 Å². The lowest BCUT2D eigenvalue weighted by Gasteiger charge is -2.42. The maximum atomic E-state index is 11.2. The first-order valence-electron chi connectivity index (χ1n) is 4.95. The topological polar surface area (TPSA) is 20.3 Å². The van der Waals surface area contributed by atoms with Crippen LogP contribution < -0.4 is 0 Å². The first-order chi connectivity index (χ1) is 6.06. The summed E-state index contributed by atoms with van der Waals surface area (Å²) in [6.07, 6.45) is 3.71. The molecule has 0 aliphatic heterocycles. The Morgan fingerprint density at radius 3 is 2.46 bits per heavy atom. The third-order valence-electron chi connectivity index (χ3n) is 3.16. The van der Waals surface area contributed by atoms with Crippen LogP contribution in [-0.4, -0.2) is 23.9 Å². The summed E-state index contributed by atoms with van der Waals surface area (Å²) < 4.78 is 0. The van der Waals surface area contributed by atoms with Gasteiger partial charge in [0.1, 0.15) is 0 Å². The molecule has 0 aromatic rings. The molecular weight excluding hydrogens is 162 g/mol. The van der Waals surface area contributed by atoms with E-state index in [0.717, 1.165) is 24.7 Å². The largest absolute Gasteiger partial charge is 0.339 e. The molecule has 0 saturated heterocycles. The third kappa shape index (κ3) is 2.11. The van der Waals surface area contributed by atoms with Crippen LogP contribution in [0.15, 0.2) is 12.7 Å². The van der Waals surface area contributed by atoms with E-state index in [1.165, 1.54) is 6.08 Å². The molecule has 1 rings (SSSR count). The van der Waals surface area contributed by atoms with Gasteiger partial charge in [-0.25, -0.2) is 0 Å². The quantitative estimate of drug-likeness (QED) is 0.610. The molecule has 0 N–H and O–H groups in total. The highest BCUT2D eigenvalue weighted by atomic mass is 16.2. The van der Waals surface area contributed by atoms with Gasteiger partial charge in [0.2, 0.25) is 5.91 Å². The van der Waals surface area contributed by atoms with Gasteiger partial charge in [0, 0.05) is 13.1 Å². The molecule has 1 aliphatic rings. The van der Waals surface area contributed by atoms with E-state index in [2.05, 4.69) is 20.4 Å². The Morgan fingerprint density at radius 2 is 2.08 bits per heavy atom. The Balaban J connectivity index is 2.34. The number of rotatable bonds is 3. The van der Waals surface area contributed by atoms with Crippen molar-refractivity contribution in [3.05, 3.63) is 12.7 Å². The molecule has 2 nitrogen and oxygen atoms in total. The van der Waals surface area contributed by atoms with E-state index in [1.54, 1.807) is 0 Å². The van der Waals surface area contributed by atoms with Crippen molar-refractivity contribution in [2.45, 2.75) is 32.7 Å². The number of carbonyl (C=O) groups is 1. The molecule has 0 unspecified atom stereocenters. The Morgan fingerprint density at radius 1 is 1.54 bits per heavy atom. The summed E-state index contributed by atoms with van der Waals surface area (Å²) in [6.45, 7) is 7.98. The average Bonchev–Trinajstić information content (AvgIpc) is 1.99. The number of hydrogen-bond acceptors (Lipinski definition) is 1. The highest BCUT2D eigenvalue weighted by molar-refractivity contribution is 5.87. The van der Waals surface area contributed by atoms with Gasteiger partial charge in [-0.2, -0.15) is 0 Å². The van der Waals surface area contributed by atoms with Gasteiger partial charge >= 0.3 is 0 Å². The molecular formula is C11H19NO. The van der Waals surface area contributed by atoms with Crippen molar-refractivity contribution >= 4 is 5.91 Å². The summed E-state index contributed by atoms with van der Waals surface area (Å²) >= 11 is 0. The fourth-order valence-electron chi connectivity index (χ4n) is 1.81. The molecule has 2 heteroatoms. The van der Waals surface area contributed by atoms with Crippen molar-refractivity contribution in [1.82, 2.24) is 4.90 Å². The fraction of sp³-hybridized carbons (Fsp3) is 0.727. The summed E-state index contributed by atoms with van der Waals surface area (Å²) in [7, 11) is 1.87. The van der Waals surface area contributed by atoms with Crippen molar-refractivity contribution in [3.8, 4) is 0 Å². The van der Waals surface area contributed by atoms with E-state index in [9.17, 15) is 4.79 Å². The molecule has 0 aromatic heterocycles. The van der Waals surface area contributed by atoms with E-state index in [1.807, 2.05) is 11.9 Å². The standard InChI is InChI=1S/C11H19NO/c1-5-11(13)12(4)10-6-9(7-10)8(2)3/h5,8-10H,1,6-7H2,2-4H3. The third-order valence-corrected chi connectivity index (χ3v) is 3.16. The van der Waals surface area contributed by atoms with Crippen molar-refractivity contribution < 1.29 is 4.79 Å². The molecule has 1 amide bonds. The normalized spacial score (nSPS) is 26.8. The number of likely N-dealkylation sites (N-methyl/N-ethyl adjacent to an activating group) is 1. The monoisotopic (exact) mass is 181 g/mol. The molecule has 13 heavy (non-hydrogen) atoms. The van der Waals surface area contributed by atoms with Crippen LogP contribution in [0.25, 0.3) is 0 Å². The van der Waals surface area contributed by atoms with Gasteiger partial charge in [-0.15, -0.1) is 0 Å². The molecule has 74 valence electrons. The molecule has 0 spiro atoms. The summed E-state index contributed by atoms with van der Waals surface area (Å²) in [5, 5.41) is 0. The van der Waals surface area contributed by atoms with Gasteiger partial charge in [-0.05, 0) is 30.8 Å². The summed E-state index contributed by atoms with van der Waals surface area (Å²) in [5.74, 6) is 1.61. The summed E-state index contributed by atoms with van der Waals surface area (Å²) in [6, 6.07) is 0.456. The van der Waals surface area contributed by atoms with Gasteiger partial charge in [-0.3, -0.25) is 4.79 Å². The second kappa shape index (κ2) is 3.95. The van der Waals surface area contributed by atoms with Crippen LogP contribution in [0.5, 0.6) is 0 Å². The van der Waals surface area contributed by atoms with E-state index in [0.29, 0.717) is 6.04 Å². The smallest absolute Gasteiger partial charge is 0.245 e. The van der Waals surface area contributed by atoms with Crippen LogP contribution in [0.4, 0.5) is 0 Å². The molecule has 0 heterocycles. The van der Waals surface area contributed by atoms with Crippen molar-refractivity contribution in [2.75, 3.05) is 7.05 Å². The van der Waals surface area contributed by atoms with E-state index in [4.69, 9.17) is 0 Å². The molecule has 1 aliphatic carbocycles. The molecule has 0 aromatic carbocycles. The molecule has 0 bridgehead atoms. The average molecular weight is 181 g/mol. The second-order valence-electron chi connectivity index (χ2n) is 4.28. The molecule has 1 fully saturated rings. The predicted octanol–water partition coefficient (Wildman–Crippen LogP) is 2.07. The summed E-state index contributed by atoms with van der Waals surface area (Å²) in [5.41, 5.74) is 0. The van der Waals surface area contributed by atoms with Gasteiger partial charge in [0.25, 0.3) is 0 Å². The van der Waals surface area contributed by atoms with Gasteiger partial charge in [-0.1, -0.05) is 20.4 Å². The number of carbonyl (C=O) groups excluding carboxylic acids is 1. The van der Waals surface area contributed by atoms with Crippen LogP contribution in [0.2, 0.25) is 0 Å². The van der Waals surface area contributed by atoms with Crippen molar-refractivity contribution in [1.29, 1.82) is 0 Å². The first-order valence-corrected chi connectivity index (χ1v) is 4.95. The lowest BCUT2D eigenvalue weighted by molar-refractivity contribution is -0.129. The first kappa shape index (κ1) is 10.3. The van der Waals surface area contributed by atoms with Crippen molar-refractivity contribution in [2.24, 2.45) is 11.8 Å². The highest BCUT2D eigenvalue weighted by Gasteiger charge is 2.34. The second-order valence-corrected chi connectivity index (χ2v) is 4.28. The molecule has 1 saturated carbocycles. The zero-order chi connectivity index (χ0) is 10.0. The zero-order valence-corrected chi connectivity index (χ0v) is 8.79. The highest BCUT2D eigenvalue weighted by Crippen LogP contribution is 2.36. The predicted molar refractivity (Wildman–Crippen MR) is 54.3 cm³/mol. The number of nitrogens with zero attached hydrogens (tertiary/aromatic N) is 1. The Kier molecular flexibility index (Phi) is 3.12. The maximum Gasteiger partial charge on any atom is 0.245 e. The minimum Gasteiger partial charge on any atom is -0.339 e. The SMILES string of the molecule is C=CC(=O)N(C)C1CC(C(C)C)C1. The summed E-state index contributed by atoms with van der Waals surface area (Å²) in [4.78, 5) is 13.0. The maximum absolute atomic E-state index is 11.2. The molecule has 0 atom stereocenters. The lowest BCUT2D eigenvalue weighted by atomic mass is 9.73. The fourth-order valence-corrected chi connectivity index (χ4v) is 1.81. The molecule has 0 radical (unpaired) electrons. The van der Waals surface area contributed by atoms with Crippen LogP contribution in [0.1, 0.15) is 26.7 Å². The number of hydrogen-bond donors (Lipinski definition) is 0.